The Morgan fingerprint density at radius 2 is 2.08 bits per heavy atom. The van der Waals surface area contributed by atoms with Crippen LogP contribution in [0.15, 0.2) is 47.2 Å². The number of hydrogen-bond donors (Lipinski definition) is 2. The van der Waals surface area contributed by atoms with Gasteiger partial charge in [0, 0.05) is 27.5 Å². The third-order valence-corrected chi connectivity index (χ3v) is 4.84. The van der Waals surface area contributed by atoms with E-state index in [0.717, 1.165) is 10.4 Å². The Kier molecular flexibility index (Phi) is 5.92. The minimum atomic E-state index is -0.458. The molecule has 2 N–H and O–H groups in total. The zero-order chi connectivity index (χ0) is 18.5. The third-order valence-electron chi connectivity index (χ3n) is 3.33. The van der Waals surface area contributed by atoms with Gasteiger partial charge in [-0.05, 0) is 35.9 Å². The van der Waals surface area contributed by atoms with Crippen LogP contribution < -0.4 is 10.6 Å². The van der Waals surface area contributed by atoms with E-state index in [9.17, 15) is 9.59 Å². The molecule has 0 aliphatic rings. The van der Waals surface area contributed by atoms with Crippen molar-refractivity contribution in [2.45, 2.75) is 6.42 Å². The highest BCUT2D eigenvalue weighted by atomic mass is 35.5. The number of benzene rings is 1. The quantitative estimate of drug-likeness (QED) is 0.644. The number of rotatable bonds is 6. The van der Waals surface area contributed by atoms with E-state index >= 15 is 0 Å². The van der Waals surface area contributed by atoms with Gasteiger partial charge in [0.15, 0.2) is 10.9 Å². The molecule has 6 nitrogen and oxygen atoms in total. The molecule has 2 aromatic heterocycles. The lowest BCUT2D eigenvalue weighted by molar-refractivity contribution is -0.115. The first-order valence-electron chi connectivity index (χ1n) is 7.51. The molecule has 0 fully saturated rings. The van der Waals surface area contributed by atoms with Crippen LogP contribution in [0.3, 0.4) is 0 Å². The standard InChI is InChI=1S/C17H13Cl2N3O3S/c18-11-3-4-13(19)10(6-11)7-12-8-21-17(26-12)22-15(23)9-20-16(24)14-2-1-5-25-14/h1-6,8H,7,9H2,(H,20,24)(H,21,22,23). The van der Waals surface area contributed by atoms with Crippen LogP contribution in [0.2, 0.25) is 10.0 Å². The molecule has 0 saturated carbocycles. The number of halogens is 2. The van der Waals surface area contributed by atoms with Crippen LogP contribution in [0.1, 0.15) is 21.0 Å². The minimum Gasteiger partial charge on any atom is -0.459 e. The van der Waals surface area contributed by atoms with E-state index in [2.05, 4.69) is 15.6 Å². The van der Waals surface area contributed by atoms with Gasteiger partial charge in [0.1, 0.15) is 0 Å². The van der Waals surface area contributed by atoms with Crippen LogP contribution in [-0.4, -0.2) is 23.3 Å². The summed E-state index contributed by atoms with van der Waals surface area (Å²) in [7, 11) is 0. The highest BCUT2D eigenvalue weighted by Crippen LogP contribution is 2.26. The van der Waals surface area contributed by atoms with Crippen molar-refractivity contribution in [1.82, 2.24) is 10.3 Å². The van der Waals surface area contributed by atoms with E-state index < -0.39 is 5.91 Å². The maximum absolute atomic E-state index is 11.9. The first kappa shape index (κ1) is 18.4. The number of nitrogens with one attached hydrogen (secondary N) is 2. The lowest BCUT2D eigenvalue weighted by Crippen LogP contribution is -2.32. The van der Waals surface area contributed by atoms with Crippen LogP contribution in [0.25, 0.3) is 0 Å². The first-order valence-corrected chi connectivity index (χ1v) is 9.08. The topological polar surface area (TPSA) is 84.2 Å². The molecule has 0 saturated heterocycles. The Labute approximate surface area is 163 Å². The molecule has 2 amide bonds. The maximum atomic E-state index is 11.9. The number of thiazole rings is 1. The Morgan fingerprint density at radius 3 is 2.85 bits per heavy atom. The van der Waals surface area contributed by atoms with Crippen molar-refractivity contribution in [3.63, 3.8) is 0 Å². The van der Waals surface area contributed by atoms with Gasteiger partial charge >= 0.3 is 0 Å². The van der Waals surface area contributed by atoms with E-state index in [1.807, 2.05) is 0 Å². The summed E-state index contributed by atoms with van der Waals surface area (Å²) in [6.45, 7) is -0.186. The zero-order valence-electron chi connectivity index (χ0n) is 13.3. The fourth-order valence-corrected chi connectivity index (χ4v) is 3.36. The summed E-state index contributed by atoms with van der Waals surface area (Å²) in [6.07, 6.45) is 3.61. The molecule has 0 spiro atoms. The van der Waals surface area contributed by atoms with Gasteiger partial charge in [-0.3, -0.25) is 9.59 Å². The largest absolute Gasteiger partial charge is 0.459 e. The molecule has 0 aliphatic carbocycles. The van der Waals surface area contributed by atoms with Gasteiger partial charge in [0.2, 0.25) is 5.91 Å². The minimum absolute atomic E-state index is 0.146. The normalized spacial score (nSPS) is 10.5. The molecule has 2 heterocycles. The lowest BCUT2D eigenvalue weighted by Gasteiger charge is -2.03. The Balaban J connectivity index is 1.54. The van der Waals surface area contributed by atoms with E-state index in [1.54, 1.807) is 30.5 Å². The number of hydrogen-bond acceptors (Lipinski definition) is 5. The summed E-state index contributed by atoms with van der Waals surface area (Å²) in [6, 6.07) is 8.37. The summed E-state index contributed by atoms with van der Waals surface area (Å²) < 4.78 is 4.95. The van der Waals surface area contributed by atoms with E-state index in [-0.39, 0.29) is 18.2 Å². The molecule has 0 bridgehead atoms. The number of furan rings is 1. The highest BCUT2D eigenvalue weighted by molar-refractivity contribution is 7.15. The average Bonchev–Trinajstić information content (AvgIpc) is 3.28. The van der Waals surface area contributed by atoms with Gasteiger partial charge < -0.3 is 15.1 Å². The molecule has 3 aromatic rings. The van der Waals surface area contributed by atoms with Crippen molar-refractivity contribution in [3.8, 4) is 0 Å². The van der Waals surface area contributed by atoms with Crippen LogP contribution >= 0.6 is 34.5 Å². The van der Waals surface area contributed by atoms with Crippen LogP contribution in [0, 0.1) is 0 Å². The maximum Gasteiger partial charge on any atom is 0.287 e. The summed E-state index contributed by atoms with van der Waals surface area (Å²) in [5.41, 5.74) is 0.881. The number of nitrogens with zero attached hydrogens (tertiary/aromatic N) is 1. The SMILES string of the molecule is O=C(CNC(=O)c1ccco1)Nc1ncc(Cc2cc(Cl)ccc2Cl)s1. The number of amides is 2. The van der Waals surface area contributed by atoms with Crippen molar-refractivity contribution < 1.29 is 14.0 Å². The second kappa shape index (κ2) is 8.35. The fraction of sp³-hybridized carbons (Fsp3) is 0.118. The number of carbonyl (C=O) groups is 2. The smallest absolute Gasteiger partial charge is 0.287 e. The highest BCUT2D eigenvalue weighted by Gasteiger charge is 2.12. The number of carbonyl (C=O) groups excluding carboxylic acids is 2. The monoisotopic (exact) mass is 409 g/mol. The van der Waals surface area contributed by atoms with Gasteiger partial charge in [0.25, 0.3) is 5.91 Å². The Hall–Kier alpha value is -2.35. The van der Waals surface area contributed by atoms with Crippen LogP contribution in [0.5, 0.6) is 0 Å². The molecule has 0 aliphatic heterocycles. The predicted octanol–water partition coefficient (Wildman–Crippen LogP) is 4.00. The second-order valence-electron chi connectivity index (χ2n) is 5.25. The van der Waals surface area contributed by atoms with Crippen molar-refractivity contribution >= 4 is 51.5 Å². The molecule has 9 heteroatoms. The first-order chi connectivity index (χ1) is 12.5. The summed E-state index contributed by atoms with van der Waals surface area (Å²) in [5.74, 6) is -0.695. The van der Waals surface area contributed by atoms with E-state index in [4.69, 9.17) is 27.6 Å². The van der Waals surface area contributed by atoms with Gasteiger partial charge in [-0.25, -0.2) is 4.98 Å². The van der Waals surface area contributed by atoms with Crippen molar-refractivity contribution in [1.29, 1.82) is 0 Å². The van der Waals surface area contributed by atoms with Gasteiger partial charge in [-0.2, -0.15) is 0 Å². The molecule has 0 atom stereocenters. The Bertz CT molecular complexity index is 925. The molecule has 134 valence electrons. The third kappa shape index (κ3) is 4.85. The van der Waals surface area contributed by atoms with E-state index in [0.29, 0.717) is 21.6 Å². The van der Waals surface area contributed by atoms with Gasteiger partial charge in [0.05, 0.1) is 12.8 Å². The lowest BCUT2D eigenvalue weighted by atomic mass is 10.1. The van der Waals surface area contributed by atoms with Crippen molar-refractivity contribution in [2.75, 3.05) is 11.9 Å². The Morgan fingerprint density at radius 1 is 1.23 bits per heavy atom. The number of anilines is 1. The van der Waals surface area contributed by atoms with Gasteiger partial charge in [-0.1, -0.05) is 23.2 Å². The van der Waals surface area contributed by atoms with Gasteiger partial charge in [-0.15, -0.1) is 11.3 Å². The summed E-state index contributed by atoms with van der Waals surface area (Å²) in [4.78, 5) is 28.7. The molecule has 3 rings (SSSR count). The molecule has 26 heavy (non-hydrogen) atoms. The fourth-order valence-electron chi connectivity index (χ4n) is 2.13. The molecular weight excluding hydrogens is 397 g/mol. The van der Waals surface area contributed by atoms with E-state index in [1.165, 1.54) is 23.7 Å². The van der Waals surface area contributed by atoms with Crippen LogP contribution in [-0.2, 0) is 11.2 Å². The van der Waals surface area contributed by atoms with Crippen molar-refractivity contribution in [3.05, 3.63) is 69.0 Å². The second-order valence-corrected chi connectivity index (χ2v) is 7.21. The molecule has 0 radical (unpaired) electrons. The molecule has 0 unspecified atom stereocenters. The van der Waals surface area contributed by atoms with Crippen LogP contribution in [0.4, 0.5) is 5.13 Å². The molecule has 1 aromatic carbocycles. The number of aromatic nitrogens is 1. The summed E-state index contributed by atoms with van der Waals surface area (Å²) >= 11 is 13.5. The average molecular weight is 410 g/mol. The predicted molar refractivity (Wildman–Crippen MR) is 101 cm³/mol. The zero-order valence-corrected chi connectivity index (χ0v) is 15.6. The molecular formula is C17H13Cl2N3O3S. The summed E-state index contributed by atoms with van der Waals surface area (Å²) in [5, 5.41) is 6.77. The van der Waals surface area contributed by atoms with Crippen molar-refractivity contribution in [2.24, 2.45) is 0 Å².